The van der Waals surface area contributed by atoms with Crippen LogP contribution in [0.1, 0.15) is 0 Å². The van der Waals surface area contributed by atoms with Gasteiger partial charge in [0.15, 0.2) is 11.5 Å². The van der Waals surface area contributed by atoms with Crippen LogP contribution in [0, 0.1) is 0 Å². The predicted octanol–water partition coefficient (Wildman–Crippen LogP) is 0.364. The Hall–Kier alpha value is -2.24. The number of carbonyl (C=O) groups is 2. The lowest BCUT2D eigenvalue weighted by Crippen LogP contribution is -2.49. The van der Waals surface area contributed by atoms with Crippen molar-refractivity contribution >= 4 is 11.9 Å². The topological polar surface area (TPSA) is 93.1 Å². The number of ether oxygens (including phenoxy) is 2. The van der Waals surface area contributed by atoms with Crippen molar-refractivity contribution in [2.24, 2.45) is 0 Å². The highest BCUT2D eigenvalue weighted by molar-refractivity contribution is 5.85. The van der Waals surface area contributed by atoms with Gasteiger partial charge in [-0.2, -0.15) is 0 Å². The lowest BCUT2D eigenvalue weighted by Gasteiger charge is -2.28. The van der Waals surface area contributed by atoms with E-state index in [0.29, 0.717) is 0 Å². The maximum absolute atomic E-state index is 10.8. The number of hydrogen-bond donors (Lipinski definition) is 2. The van der Waals surface area contributed by atoms with Gasteiger partial charge in [-0.05, 0) is 12.1 Å². The fourth-order valence-corrected chi connectivity index (χ4v) is 1.40. The molecule has 0 radical (unpaired) electrons. The second-order valence-corrected chi connectivity index (χ2v) is 3.20. The summed E-state index contributed by atoms with van der Waals surface area (Å²) in [5.41, 5.74) is 0. The Morgan fingerprint density at radius 2 is 1.31 bits per heavy atom. The van der Waals surface area contributed by atoms with Crippen molar-refractivity contribution in [3.8, 4) is 11.5 Å². The summed E-state index contributed by atoms with van der Waals surface area (Å²) in [5, 5.41) is 17.6. The molecule has 0 fully saturated rings. The Labute approximate surface area is 90.0 Å². The van der Waals surface area contributed by atoms with Crippen LogP contribution in [0.4, 0.5) is 0 Å². The first kappa shape index (κ1) is 10.3. The Kier molecular flexibility index (Phi) is 2.40. The quantitative estimate of drug-likeness (QED) is 0.753. The van der Waals surface area contributed by atoms with E-state index >= 15 is 0 Å². The fourth-order valence-electron chi connectivity index (χ4n) is 1.40. The summed E-state index contributed by atoms with van der Waals surface area (Å²) in [6, 6.07) is 6.32. The van der Waals surface area contributed by atoms with Crippen LogP contribution in [0.5, 0.6) is 11.5 Å². The number of benzene rings is 1. The van der Waals surface area contributed by atoms with Gasteiger partial charge in [0.05, 0.1) is 0 Å². The number of carboxylic acids is 2. The van der Waals surface area contributed by atoms with Crippen molar-refractivity contribution in [2.75, 3.05) is 0 Å². The van der Waals surface area contributed by atoms with E-state index in [2.05, 4.69) is 0 Å². The molecule has 0 aromatic heterocycles. The van der Waals surface area contributed by atoms with Crippen molar-refractivity contribution in [1.82, 2.24) is 0 Å². The molecule has 1 aromatic rings. The van der Waals surface area contributed by atoms with Crippen molar-refractivity contribution in [3.05, 3.63) is 24.3 Å². The highest BCUT2D eigenvalue weighted by atomic mass is 16.6. The number of hydrogen-bond acceptors (Lipinski definition) is 4. The number of rotatable bonds is 2. The van der Waals surface area contributed by atoms with E-state index in [0.717, 1.165) is 0 Å². The second-order valence-electron chi connectivity index (χ2n) is 3.20. The predicted molar refractivity (Wildman–Crippen MR) is 50.5 cm³/mol. The van der Waals surface area contributed by atoms with Crippen LogP contribution in [0.2, 0.25) is 0 Å². The van der Waals surface area contributed by atoms with E-state index < -0.39 is 24.1 Å². The first-order valence-corrected chi connectivity index (χ1v) is 4.47. The van der Waals surface area contributed by atoms with Gasteiger partial charge >= 0.3 is 11.9 Å². The van der Waals surface area contributed by atoms with E-state index in [-0.39, 0.29) is 11.5 Å². The monoisotopic (exact) mass is 224 g/mol. The summed E-state index contributed by atoms with van der Waals surface area (Å²) in [6.45, 7) is 0. The normalized spacial score (nSPS) is 22.5. The molecule has 0 bridgehead atoms. The number of aliphatic carboxylic acids is 2. The zero-order valence-electron chi connectivity index (χ0n) is 7.99. The molecule has 1 heterocycles. The maximum atomic E-state index is 10.8. The molecule has 1 aliphatic heterocycles. The van der Waals surface area contributed by atoms with Gasteiger partial charge in [-0.25, -0.2) is 9.59 Å². The van der Waals surface area contributed by atoms with Crippen LogP contribution in [-0.4, -0.2) is 34.4 Å². The third-order valence-electron chi connectivity index (χ3n) is 2.12. The van der Waals surface area contributed by atoms with Crippen LogP contribution in [0.3, 0.4) is 0 Å². The molecule has 0 spiro atoms. The Balaban J connectivity index is 2.37. The molecule has 0 aliphatic carbocycles. The molecule has 0 saturated carbocycles. The average Bonchev–Trinajstić information content (AvgIpc) is 2.27. The molecular formula is C10H8O6. The molecule has 2 N–H and O–H groups in total. The Morgan fingerprint density at radius 3 is 1.62 bits per heavy atom. The van der Waals surface area contributed by atoms with Crippen LogP contribution in [0.25, 0.3) is 0 Å². The molecular weight excluding hydrogens is 216 g/mol. The summed E-state index contributed by atoms with van der Waals surface area (Å²) in [7, 11) is 0. The lowest BCUT2D eigenvalue weighted by atomic mass is 10.1. The average molecular weight is 224 g/mol. The number of carboxylic acid groups (broad SMARTS) is 2. The van der Waals surface area contributed by atoms with E-state index in [1.54, 1.807) is 12.1 Å². The van der Waals surface area contributed by atoms with E-state index in [1.807, 2.05) is 0 Å². The minimum Gasteiger partial charge on any atom is -0.478 e. The second kappa shape index (κ2) is 3.73. The zero-order valence-corrected chi connectivity index (χ0v) is 7.99. The summed E-state index contributed by atoms with van der Waals surface area (Å²) in [5.74, 6) is -2.29. The zero-order chi connectivity index (χ0) is 11.7. The molecule has 84 valence electrons. The number of fused-ring (bicyclic) bond motifs is 1. The summed E-state index contributed by atoms with van der Waals surface area (Å²) in [4.78, 5) is 21.6. The Morgan fingerprint density at radius 1 is 0.938 bits per heavy atom. The van der Waals surface area contributed by atoms with Crippen LogP contribution < -0.4 is 9.47 Å². The van der Waals surface area contributed by atoms with Gasteiger partial charge in [-0.15, -0.1) is 0 Å². The molecule has 2 unspecified atom stereocenters. The Bertz CT molecular complexity index is 400. The first-order chi connectivity index (χ1) is 7.59. The maximum Gasteiger partial charge on any atom is 0.349 e. The van der Waals surface area contributed by atoms with Crippen molar-refractivity contribution in [2.45, 2.75) is 12.2 Å². The van der Waals surface area contributed by atoms with Crippen LogP contribution in [0.15, 0.2) is 24.3 Å². The third kappa shape index (κ3) is 1.65. The minimum absolute atomic E-state index is 0.229. The van der Waals surface area contributed by atoms with E-state index in [1.165, 1.54) is 12.1 Å². The molecule has 1 aromatic carbocycles. The van der Waals surface area contributed by atoms with Gasteiger partial charge < -0.3 is 19.7 Å². The minimum atomic E-state index is -1.53. The molecule has 1 aliphatic rings. The van der Waals surface area contributed by atoms with Gasteiger partial charge in [0, 0.05) is 0 Å². The molecule has 6 heteroatoms. The van der Waals surface area contributed by atoms with Gasteiger partial charge in [0.1, 0.15) is 0 Å². The summed E-state index contributed by atoms with van der Waals surface area (Å²) in [6.07, 6.45) is -3.07. The molecule has 0 saturated heterocycles. The standard InChI is InChI=1S/C10H8O6/c11-9(12)7-8(10(13)14)16-6-4-2-1-3-5(6)15-7/h1-4,7-8H,(H,11,12)(H,13,14). The van der Waals surface area contributed by atoms with Gasteiger partial charge in [-0.3, -0.25) is 0 Å². The summed E-state index contributed by atoms with van der Waals surface area (Å²) >= 11 is 0. The lowest BCUT2D eigenvalue weighted by molar-refractivity contribution is -0.164. The first-order valence-electron chi connectivity index (χ1n) is 4.47. The van der Waals surface area contributed by atoms with Crippen LogP contribution in [-0.2, 0) is 9.59 Å². The van der Waals surface area contributed by atoms with Gasteiger partial charge in [-0.1, -0.05) is 12.1 Å². The summed E-state index contributed by atoms with van der Waals surface area (Å²) < 4.78 is 10.1. The van der Waals surface area contributed by atoms with E-state index in [4.69, 9.17) is 19.7 Å². The highest BCUT2D eigenvalue weighted by Crippen LogP contribution is 2.33. The SMILES string of the molecule is O=C(O)C1Oc2ccccc2OC1C(=O)O. The van der Waals surface area contributed by atoms with Crippen molar-refractivity contribution in [1.29, 1.82) is 0 Å². The molecule has 2 rings (SSSR count). The largest absolute Gasteiger partial charge is 0.478 e. The van der Waals surface area contributed by atoms with E-state index in [9.17, 15) is 9.59 Å². The number of para-hydroxylation sites is 2. The van der Waals surface area contributed by atoms with Crippen molar-refractivity contribution < 1.29 is 29.3 Å². The van der Waals surface area contributed by atoms with Gasteiger partial charge in [0.25, 0.3) is 0 Å². The molecule has 2 atom stereocenters. The molecule has 16 heavy (non-hydrogen) atoms. The highest BCUT2D eigenvalue weighted by Gasteiger charge is 2.41. The van der Waals surface area contributed by atoms with Crippen LogP contribution >= 0.6 is 0 Å². The molecule has 0 amide bonds. The fraction of sp³-hybridized carbons (Fsp3) is 0.200. The molecule has 6 nitrogen and oxygen atoms in total. The smallest absolute Gasteiger partial charge is 0.349 e. The third-order valence-corrected chi connectivity index (χ3v) is 2.12. The van der Waals surface area contributed by atoms with Crippen molar-refractivity contribution in [3.63, 3.8) is 0 Å². The van der Waals surface area contributed by atoms with Gasteiger partial charge in [0.2, 0.25) is 12.2 Å².